The van der Waals surface area contributed by atoms with Crippen LogP contribution in [0.1, 0.15) is 12.5 Å². The fraction of sp³-hybridized carbons (Fsp3) is 0.0769. The fourth-order valence-electron chi connectivity index (χ4n) is 1.21. The van der Waals surface area contributed by atoms with Gasteiger partial charge in [-0.05, 0) is 17.7 Å². The van der Waals surface area contributed by atoms with Crippen molar-refractivity contribution in [3.05, 3.63) is 41.2 Å². The second kappa shape index (κ2) is 6.58. The Morgan fingerprint density at radius 3 is 2.42 bits per heavy atom. The lowest BCUT2D eigenvalue weighted by Gasteiger charge is -2.01. The Balaban J connectivity index is 2.87. The largest absolute Gasteiger partial charge is 0.388 e. The van der Waals surface area contributed by atoms with Gasteiger partial charge < -0.3 is 11.1 Å². The number of carbonyl (C=O) groups excluding carboxylic acids is 1. The lowest BCUT2D eigenvalue weighted by molar-refractivity contribution is -0.114. The number of carbonyl (C=O) groups is 1. The van der Waals surface area contributed by atoms with Crippen molar-refractivity contribution in [3.8, 4) is 12.1 Å². The molecule has 94 valence electrons. The molecule has 19 heavy (non-hydrogen) atoms. The molecule has 0 bridgehead atoms. The highest BCUT2D eigenvalue weighted by Gasteiger charge is 1.99. The summed E-state index contributed by atoms with van der Waals surface area (Å²) in [5.74, 6) is -0.155. The number of nitrogens with one attached hydrogen (secondary N) is 1. The molecule has 0 aliphatic rings. The van der Waals surface area contributed by atoms with Crippen LogP contribution in [-0.4, -0.2) is 12.1 Å². The Hall–Kier alpha value is -3.12. The molecule has 0 saturated heterocycles. The molecule has 6 nitrogen and oxygen atoms in total. The number of anilines is 1. The molecule has 1 amide bonds. The lowest BCUT2D eigenvalue weighted by Crippen LogP contribution is -2.05. The first-order valence-corrected chi connectivity index (χ1v) is 5.28. The molecule has 0 saturated carbocycles. The minimum atomic E-state index is -0.228. The third-order valence-corrected chi connectivity index (χ3v) is 2.06. The van der Waals surface area contributed by atoms with E-state index in [1.165, 1.54) is 13.1 Å². The van der Waals surface area contributed by atoms with E-state index in [9.17, 15) is 4.79 Å². The van der Waals surface area contributed by atoms with E-state index in [-0.39, 0.29) is 17.3 Å². The van der Waals surface area contributed by atoms with Gasteiger partial charge in [0.15, 0.2) is 5.70 Å². The van der Waals surface area contributed by atoms with Crippen LogP contribution in [0.25, 0.3) is 0 Å². The predicted molar refractivity (Wildman–Crippen MR) is 70.8 cm³/mol. The topological polar surface area (TPSA) is 115 Å². The zero-order chi connectivity index (χ0) is 14.3. The highest BCUT2D eigenvalue weighted by molar-refractivity contribution is 5.89. The number of hydrogen-bond acceptors (Lipinski definition) is 5. The molecule has 0 unspecified atom stereocenters. The summed E-state index contributed by atoms with van der Waals surface area (Å²) in [5.41, 5.74) is 6.33. The number of hydrogen-bond donors (Lipinski definition) is 2. The average Bonchev–Trinajstić information content (AvgIpc) is 2.40. The zero-order valence-corrected chi connectivity index (χ0v) is 10.2. The quantitative estimate of drug-likeness (QED) is 0.623. The van der Waals surface area contributed by atoms with Gasteiger partial charge in [-0.2, -0.15) is 10.5 Å². The second-order valence-electron chi connectivity index (χ2n) is 3.55. The van der Waals surface area contributed by atoms with Gasteiger partial charge in [-0.15, -0.1) is 0 Å². The van der Waals surface area contributed by atoms with Crippen molar-refractivity contribution in [1.29, 1.82) is 10.5 Å². The molecule has 0 aliphatic carbocycles. The Morgan fingerprint density at radius 2 is 1.95 bits per heavy atom. The minimum Gasteiger partial charge on any atom is -0.388 e. The molecule has 6 heteroatoms. The second-order valence-corrected chi connectivity index (χ2v) is 3.55. The third kappa shape index (κ3) is 4.33. The summed E-state index contributed by atoms with van der Waals surface area (Å²) >= 11 is 0. The van der Waals surface area contributed by atoms with Gasteiger partial charge in [-0.25, -0.2) is 4.99 Å². The molecule has 0 aliphatic heterocycles. The number of benzene rings is 1. The molecule has 1 aromatic carbocycles. The van der Waals surface area contributed by atoms with Crippen molar-refractivity contribution in [3.63, 3.8) is 0 Å². The van der Waals surface area contributed by atoms with E-state index in [0.29, 0.717) is 11.3 Å². The summed E-state index contributed by atoms with van der Waals surface area (Å²) in [6.45, 7) is 1.42. The molecule has 0 aromatic heterocycles. The first-order valence-electron chi connectivity index (χ1n) is 5.28. The van der Waals surface area contributed by atoms with Crippen LogP contribution in [-0.2, 0) is 4.79 Å². The van der Waals surface area contributed by atoms with Crippen molar-refractivity contribution >= 4 is 17.8 Å². The number of nitriles is 2. The number of amides is 1. The van der Waals surface area contributed by atoms with Crippen LogP contribution in [0.4, 0.5) is 5.69 Å². The number of nitrogens with two attached hydrogens (primary N) is 1. The maximum Gasteiger partial charge on any atom is 0.221 e. The SMILES string of the molecule is CC(=O)Nc1ccc(/C=N/C(C#N)=C(/N)C#N)cc1. The average molecular weight is 253 g/mol. The Bertz CT molecular complexity index is 614. The van der Waals surface area contributed by atoms with Crippen molar-refractivity contribution in [1.82, 2.24) is 0 Å². The molecule has 0 atom stereocenters. The highest BCUT2D eigenvalue weighted by atomic mass is 16.1. The van der Waals surface area contributed by atoms with E-state index in [0.717, 1.165) is 0 Å². The number of aliphatic imine (C=N–C) groups is 1. The molecular weight excluding hydrogens is 242 g/mol. The molecule has 3 N–H and O–H groups in total. The Morgan fingerprint density at radius 1 is 1.32 bits per heavy atom. The van der Waals surface area contributed by atoms with Gasteiger partial charge in [0.2, 0.25) is 5.91 Å². The van der Waals surface area contributed by atoms with E-state index in [1.807, 2.05) is 0 Å². The van der Waals surface area contributed by atoms with Crippen molar-refractivity contribution in [2.24, 2.45) is 10.7 Å². The van der Waals surface area contributed by atoms with E-state index >= 15 is 0 Å². The molecule has 0 spiro atoms. The van der Waals surface area contributed by atoms with Crippen molar-refractivity contribution in [2.75, 3.05) is 5.32 Å². The zero-order valence-electron chi connectivity index (χ0n) is 10.2. The molecule has 0 radical (unpaired) electrons. The van der Waals surface area contributed by atoms with E-state index in [2.05, 4.69) is 10.3 Å². The van der Waals surface area contributed by atoms with Crippen LogP contribution in [0, 0.1) is 22.7 Å². The minimum absolute atomic E-state index is 0.131. The predicted octanol–water partition coefficient (Wildman–Crippen LogP) is 1.28. The standard InChI is InChI=1S/C13H11N5O/c1-9(19)18-11-4-2-10(3-5-11)8-17-13(7-15)12(16)6-14/h2-5,8H,16H2,1H3,(H,18,19)/b13-12+,17-8+. The number of nitrogens with zero attached hydrogens (tertiary/aromatic N) is 3. The van der Waals surface area contributed by atoms with Crippen LogP contribution in [0.15, 0.2) is 40.7 Å². The van der Waals surface area contributed by atoms with Gasteiger partial charge in [0.1, 0.15) is 17.8 Å². The third-order valence-electron chi connectivity index (χ3n) is 2.06. The summed E-state index contributed by atoms with van der Waals surface area (Å²) in [5, 5.41) is 19.9. The van der Waals surface area contributed by atoms with Gasteiger partial charge in [-0.1, -0.05) is 12.1 Å². The Labute approximate surface area is 110 Å². The summed E-state index contributed by atoms with van der Waals surface area (Å²) in [4.78, 5) is 14.7. The van der Waals surface area contributed by atoms with E-state index < -0.39 is 0 Å². The molecule has 0 fully saturated rings. The molecule has 1 rings (SSSR count). The molecular formula is C13H11N5O. The summed E-state index contributed by atoms with van der Waals surface area (Å²) in [6, 6.07) is 10.2. The monoisotopic (exact) mass is 253 g/mol. The van der Waals surface area contributed by atoms with Gasteiger partial charge >= 0.3 is 0 Å². The molecule has 1 aromatic rings. The van der Waals surface area contributed by atoms with Crippen LogP contribution in [0.2, 0.25) is 0 Å². The lowest BCUT2D eigenvalue weighted by atomic mass is 10.2. The van der Waals surface area contributed by atoms with Crippen LogP contribution < -0.4 is 11.1 Å². The van der Waals surface area contributed by atoms with Gasteiger partial charge in [-0.3, -0.25) is 4.79 Å². The summed E-state index contributed by atoms with van der Waals surface area (Å²) in [7, 11) is 0. The first kappa shape index (κ1) is 13.9. The molecule has 0 heterocycles. The van der Waals surface area contributed by atoms with E-state index in [1.54, 1.807) is 36.4 Å². The van der Waals surface area contributed by atoms with Crippen molar-refractivity contribution in [2.45, 2.75) is 6.92 Å². The fourth-order valence-corrected chi connectivity index (χ4v) is 1.21. The van der Waals surface area contributed by atoms with Crippen LogP contribution >= 0.6 is 0 Å². The van der Waals surface area contributed by atoms with Crippen LogP contribution in [0.5, 0.6) is 0 Å². The Kier molecular flexibility index (Phi) is 4.83. The number of allylic oxidation sites excluding steroid dienone is 2. The van der Waals surface area contributed by atoms with Gasteiger partial charge in [0.05, 0.1) is 0 Å². The summed E-state index contributed by atoms with van der Waals surface area (Å²) < 4.78 is 0. The maximum atomic E-state index is 10.8. The van der Waals surface area contributed by atoms with E-state index in [4.69, 9.17) is 16.3 Å². The summed E-state index contributed by atoms with van der Waals surface area (Å²) in [6.07, 6.45) is 1.42. The van der Waals surface area contributed by atoms with Gasteiger partial charge in [0.25, 0.3) is 0 Å². The van der Waals surface area contributed by atoms with Crippen molar-refractivity contribution < 1.29 is 4.79 Å². The number of rotatable bonds is 3. The highest BCUT2D eigenvalue weighted by Crippen LogP contribution is 2.08. The smallest absolute Gasteiger partial charge is 0.221 e. The first-order chi connectivity index (χ1) is 9.06. The van der Waals surface area contributed by atoms with Crippen LogP contribution in [0.3, 0.4) is 0 Å². The normalized spacial score (nSPS) is 11.3. The van der Waals surface area contributed by atoms with Gasteiger partial charge in [0, 0.05) is 18.8 Å². The maximum absolute atomic E-state index is 10.8.